The minimum atomic E-state index is 0.0203. The van der Waals surface area contributed by atoms with Crippen LogP contribution in [0.5, 0.6) is 0 Å². The first-order chi connectivity index (χ1) is 15.6. The van der Waals surface area contributed by atoms with Crippen LogP contribution in [0.2, 0.25) is 0 Å². The Morgan fingerprint density at radius 2 is 1.91 bits per heavy atom. The number of ether oxygens (including phenoxy) is 2. The molecule has 3 heterocycles. The van der Waals surface area contributed by atoms with E-state index in [1.54, 1.807) is 13.3 Å². The van der Waals surface area contributed by atoms with Crippen molar-refractivity contribution in [2.45, 2.75) is 26.5 Å². The van der Waals surface area contributed by atoms with E-state index in [9.17, 15) is 4.79 Å². The number of imidazole rings is 1. The van der Waals surface area contributed by atoms with E-state index in [0.717, 1.165) is 22.9 Å². The van der Waals surface area contributed by atoms with Crippen molar-refractivity contribution in [2.24, 2.45) is 0 Å². The second-order valence-corrected chi connectivity index (χ2v) is 7.83. The second-order valence-electron chi connectivity index (χ2n) is 7.83. The maximum atomic E-state index is 12.6. The van der Waals surface area contributed by atoms with Gasteiger partial charge in [-0.3, -0.25) is 4.79 Å². The lowest BCUT2D eigenvalue weighted by Crippen LogP contribution is -2.40. The van der Waals surface area contributed by atoms with Gasteiger partial charge in [-0.15, -0.1) is 0 Å². The number of carbonyl (C=O) groups is 1. The quantitative estimate of drug-likeness (QED) is 0.607. The summed E-state index contributed by atoms with van der Waals surface area (Å²) in [4.78, 5) is 27.9. The number of nitrogens with zero attached hydrogens (tertiary/aromatic N) is 5. The van der Waals surface area contributed by atoms with Crippen LogP contribution >= 0.6 is 0 Å². The summed E-state index contributed by atoms with van der Waals surface area (Å²) in [5.41, 5.74) is 3.13. The Labute approximate surface area is 187 Å². The molecule has 2 aromatic heterocycles. The van der Waals surface area contributed by atoms with Gasteiger partial charge in [-0.25, -0.2) is 15.0 Å². The Balaban J connectivity index is 1.51. The summed E-state index contributed by atoms with van der Waals surface area (Å²) in [6.07, 6.45) is 3.53. The van der Waals surface area contributed by atoms with Crippen LogP contribution in [0.15, 0.2) is 42.7 Å². The molecule has 3 aromatic rings. The largest absolute Gasteiger partial charge is 0.378 e. The minimum Gasteiger partial charge on any atom is -0.378 e. The van der Waals surface area contributed by atoms with Crippen molar-refractivity contribution in [1.29, 1.82) is 0 Å². The predicted molar refractivity (Wildman–Crippen MR) is 121 cm³/mol. The average molecular weight is 437 g/mol. The summed E-state index contributed by atoms with van der Waals surface area (Å²) < 4.78 is 12.7. The van der Waals surface area contributed by atoms with E-state index in [1.165, 1.54) is 0 Å². The first-order valence-electron chi connectivity index (χ1n) is 10.7. The fraction of sp³-hybridized carbons (Fsp3) is 0.391. The van der Waals surface area contributed by atoms with E-state index in [4.69, 9.17) is 9.47 Å². The Hall–Kier alpha value is -3.30. The number of morpholine rings is 1. The summed E-state index contributed by atoms with van der Waals surface area (Å²) in [5.74, 6) is 1.35. The fourth-order valence-electron chi connectivity index (χ4n) is 3.74. The topological polar surface area (TPSA) is 94.4 Å². The lowest BCUT2D eigenvalue weighted by Gasteiger charge is -2.26. The minimum absolute atomic E-state index is 0.0203. The van der Waals surface area contributed by atoms with Gasteiger partial charge in [0.2, 0.25) is 5.95 Å². The van der Waals surface area contributed by atoms with Gasteiger partial charge in [-0.05, 0) is 44.2 Å². The van der Waals surface area contributed by atoms with Crippen molar-refractivity contribution < 1.29 is 14.3 Å². The first-order valence-corrected chi connectivity index (χ1v) is 10.7. The van der Waals surface area contributed by atoms with E-state index >= 15 is 0 Å². The smallest absolute Gasteiger partial charge is 0.254 e. The number of amides is 1. The summed E-state index contributed by atoms with van der Waals surface area (Å²) in [7, 11) is 1.66. The number of anilines is 2. The zero-order valence-electron chi connectivity index (χ0n) is 18.6. The SMILES string of the molecule is COCc1ncc(-c2ccnc(Nc3ccc(C(=O)N4CCOCC4)cc3)n2)n1C(C)C. The molecule has 4 rings (SSSR count). The third kappa shape index (κ3) is 4.79. The maximum Gasteiger partial charge on any atom is 0.254 e. The molecule has 1 saturated heterocycles. The molecule has 0 unspecified atom stereocenters. The zero-order valence-corrected chi connectivity index (χ0v) is 18.6. The van der Waals surface area contributed by atoms with Gasteiger partial charge < -0.3 is 24.3 Å². The van der Waals surface area contributed by atoms with E-state index in [2.05, 4.69) is 38.7 Å². The highest BCUT2D eigenvalue weighted by atomic mass is 16.5. The summed E-state index contributed by atoms with van der Waals surface area (Å²) in [5, 5.41) is 3.22. The predicted octanol–water partition coefficient (Wildman–Crippen LogP) is 3.28. The average Bonchev–Trinajstić information content (AvgIpc) is 3.24. The molecule has 0 aliphatic carbocycles. The van der Waals surface area contributed by atoms with E-state index in [1.807, 2.05) is 41.4 Å². The lowest BCUT2D eigenvalue weighted by atomic mass is 10.1. The highest BCUT2D eigenvalue weighted by molar-refractivity contribution is 5.94. The monoisotopic (exact) mass is 436 g/mol. The number of hydrogen-bond acceptors (Lipinski definition) is 7. The van der Waals surface area contributed by atoms with Crippen LogP contribution in [0.1, 0.15) is 36.1 Å². The van der Waals surface area contributed by atoms with Crippen LogP contribution in [-0.4, -0.2) is 63.7 Å². The lowest BCUT2D eigenvalue weighted by molar-refractivity contribution is 0.0303. The number of rotatable bonds is 7. The second kappa shape index (κ2) is 9.88. The van der Waals surface area contributed by atoms with Gasteiger partial charge in [0.25, 0.3) is 5.91 Å². The zero-order chi connectivity index (χ0) is 22.5. The molecule has 168 valence electrons. The van der Waals surface area contributed by atoms with Crippen molar-refractivity contribution in [2.75, 3.05) is 38.7 Å². The van der Waals surface area contributed by atoms with Crippen LogP contribution in [0.4, 0.5) is 11.6 Å². The molecule has 1 amide bonds. The number of benzene rings is 1. The molecule has 9 nitrogen and oxygen atoms in total. The Bertz CT molecular complexity index is 1060. The number of aromatic nitrogens is 4. The standard InChI is InChI=1S/C23H28N6O3/c1-16(2)29-20(14-25-21(29)15-31-3)19-8-9-24-23(27-19)26-18-6-4-17(5-7-18)22(30)28-10-12-32-13-11-28/h4-9,14,16H,10-13,15H2,1-3H3,(H,24,26,27). The van der Waals surface area contributed by atoms with Crippen LogP contribution in [-0.2, 0) is 16.1 Å². The molecule has 0 saturated carbocycles. The van der Waals surface area contributed by atoms with Crippen LogP contribution < -0.4 is 5.32 Å². The molecule has 1 fully saturated rings. The number of nitrogens with one attached hydrogen (secondary N) is 1. The van der Waals surface area contributed by atoms with Gasteiger partial charge in [0.15, 0.2) is 0 Å². The fourth-order valence-corrected chi connectivity index (χ4v) is 3.74. The van der Waals surface area contributed by atoms with E-state index < -0.39 is 0 Å². The molecule has 32 heavy (non-hydrogen) atoms. The maximum absolute atomic E-state index is 12.6. The first kappa shape index (κ1) is 21.9. The number of hydrogen-bond donors (Lipinski definition) is 1. The van der Waals surface area contributed by atoms with Gasteiger partial charge >= 0.3 is 0 Å². The molecule has 0 radical (unpaired) electrons. The van der Waals surface area contributed by atoms with Gasteiger partial charge in [0.1, 0.15) is 12.4 Å². The molecular formula is C23H28N6O3. The van der Waals surface area contributed by atoms with Gasteiger partial charge in [-0.2, -0.15) is 0 Å². The molecule has 1 N–H and O–H groups in total. The van der Waals surface area contributed by atoms with Crippen molar-refractivity contribution in [3.8, 4) is 11.4 Å². The number of methoxy groups -OCH3 is 1. The van der Waals surface area contributed by atoms with Crippen molar-refractivity contribution >= 4 is 17.5 Å². The Morgan fingerprint density at radius 3 is 2.59 bits per heavy atom. The summed E-state index contributed by atoms with van der Waals surface area (Å²) >= 11 is 0. The van der Waals surface area contributed by atoms with Gasteiger partial charge in [0.05, 0.1) is 30.8 Å². The van der Waals surface area contributed by atoms with Gasteiger partial charge in [-0.1, -0.05) is 0 Å². The van der Waals surface area contributed by atoms with E-state index in [-0.39, 0.29) is 11.9 Å². The molecular weight excluding hydrogens is 408 g/mol. The molecule has 1 aromatic carbocycles. The highest BCUT2D eigenvalue weighted by Crippen LogP contribution is 2.25. The van der Waals surface area contributed by atoms with E-state index in [0.29, 0.717) is 44.4 Å². The van der Waals surface area contributed by atoms with Crippen molar-refractivity contribution in [3.63, 3.8) is 0 Å². The van der Waals surface area contributed by atoms with Crippen molar-refractivity contribution in [1.82, 2.24) is 24.4 Å². The summed E-state index contributed by atoms with van der Waals surface area (Å²) in [6, 6.07) is 9.42. The Morgan fingerprint density at radius 1 is 1.16 bits per heavy atom. The normalized spacial score (nSPS) is 14.1. The van der Waals surface area contributed by atoms with Gasteiger partial charge in [0, 0.05) is 43.7 Å². The molecule has 1 aliphatic heterocycles. The third-order valence-corrected chi connectivity index (χ3v) is 5.27. The highest BCUT2D eigenvalue weighted by Gasteiger charge is 2.19. The molecule has 0 spiro atoms. The molecule has 9 heteroatoms. The molecule has 0 bridgehead atoms. The van der Waals surface area contributed by atoms with Crippen LogP contribution in [0.3, 0.4) is 0 Å². The summed E-state index contributed by atoms with van der Waals surface area (Å²) in [6.45, 7) is 7.05. The molecule has 0 atom stereocenters. The Kier molecular flexibility index (Phi) is 6.77. The number of carbonyl (C=O) groups excluding carboxylic acids is 1. The van der Waals surface area contributed by atoms with Crippen molar-refractivity contribution in [3.05, 3.63) is 54.1 Å². The third-order valence-electron chi connectivity index (χ3n) is 5.27. The van der Waals surface area contributed by atoms with Crippen LogP contribution in [0, 0.1) is 0 Å². The molecule has 1 aliphatic rings. The van der Waals surface area contributed by atoms with Crippen LogP contribution in [0.25, 0.3) is 11.4 Å².